The quantitative estimate of drug-likeness (QED) is 0.674. The molecular weight excluding hydrogens is 176 g/mol. The lowest BCUT2D eigenvalue weighted by molar-refractivity contribution is 0.112. The molecule has 0 aromatic carbocycles. The zero-order chi connectivity index (χ0) is 9.97. The van der Waals surface area contributed by atoms with Crippen LogP contribution in [0, 0.1) is 5.92 Å². The van der Waals surface area contributed by atoms with Crippen molar-refractivity contribution in [2.24, 2.45) is 5.92 Å². The van der Waals surface area contributed by atoms with Gasteiger partial charge < -0.3 is 0 Å². The summed E-state index contributed by atoms with van der Waals surface area (Å²) in [5, 5.41) is 4.23. The van der Waals surface area contributed by atoms with Crippen LogP contribution in [0.25, 0.3) is 0 Å². The summed E-state index contributed by atoms with van der Waals surface area (Å²) in [5.74, 6) is 0.789. The molecule has 0 bridgehead atoms. The Morgan fingerprint density at radius 1 is 1.57 bits per heavy atom. The molecule has 1 aliphatic rings. The smallest absolute Gasteiger partial charge is 0.153 e. The van der Waals surface area contributed by atoms with Gasteiger partial charge in [0.15, 0.2) is 6.29 Å². The van der Waals surface area contributed by atoms with Crippen LogP contribution < -0.4 is 0 Å². The Morgan fingerprint density at radius 3 is 3.07 bits per heavy atom. The second-order valence-corrected chi connectivity index (χ2v) is 4.30. The van der Waals surface area contributed by atoms with E-state index in [1.165, 1.54) is 25.7 Å². The van der Waals surface area contributed by atoms with Crippen LogP contribution in [0.4, 0.5) is 0 Å². The Balaban J connectivity index is 2.09. The SMILES string of the molecule is CC1CCCC(n2cc(C=O)cn2)C1. The van der Waals surface area contributed by atoms with Crippen molar-refractivity contribution in [1.82, 2.24) is 9.78 Å². The lowest BCUT2D eigenvalue weighted by Gasteiger charge is -2.26. The van der Waals surface area contributed by atoms with Crippen LogP contribution in [-0.4, -0.2) is 16.1 Å². The van der Waals surface area contributed by atoms with Gasteiger partial charge in [-0.3, -0.25) is 9.48 Å². The van der Waals surface area contributed by atoms with Crippen LogP contribution in [0.1, 0.15) is 49.0 Å². The number of hydrogen-bond donors (Lipinski definition) is 0. The van der Waals surface area contributed by atoms with E-state index in [9.17, 15) is 4.79 Å². The van der Waals surface area contributed by atoms with E-state index >= 15 is 0 Å². The minimum Gasteiger partial charge on any atom is -0.298 e. The van der Waals surface area contributed by atoms with Crippen molar-refractivity contribution >= 4 is 6.29 Å². The topological polar surface area (TPSA) is 34.9 Å². The fourth-order valence-electron chi connectivity index (χ4n) is 2.26. The fraction of sp³-hybridized carbons (Fsp3) is 0.636. The van der Waals surface area contributed by atoms with E-state index in [2.05, 4.69) is 12.0 Å². The molecule has 0 radical (unpaired) electrons. The number of carbonyl (C=O) groups is 1. The van der Waals surface area contributed by atoms with Crippen molar-refractivity contribution in [1.29, 1.82) is 0 Å². The Kier molecular flexibility index (Phi) is 2.66. The Morgan fingerprint density at radius 2 is 2.43 bits per heavy atom. The zero-order valence-electron chi connectivity index (χ0n) is 8.52. The first-order valence-corrected chi connectivity index (χ1v) is 5.29. The van der Waals surface area contributed by atoms with Crippen molar-refractivity contribution in [3.05, 3.63) is 18.0 Å². The first-order chi connectivity index (χ1) is 6.79. The minimum atomic E-state index is 0.507. The average Bonchev–Trinajstić information content (AvgIpc) is 2.66. The molecule has 2 unspecified atom stereocenters. The van der Waals surface area contributed by atoms with Gasteiger partial charge in [0, 0.05) is 6.20 Å². The number of nitrogens with zero attached hydrogens (tertiary/aromatic N) is 2. The zero-order valence-corrected chi connectivity index (χ0v) is 8.52. The summed E-state index contributed by atoms with van der Waals surface area (Å²) in [5.41, 5.74) is 0.684. The van der Waals surface area contributed by atoms with E-state index in [4.69, 9.17) is 0 Å². The monoisotopic (exact) mass is 192 g/mol. The summed E-state index contributed by atoms with van der Waals surface area (Å²) >= 11 is 0. The van der Waals surface area contributed by atoms with Crippen molar-refractivity contribution in [2.45, 2.75) is 38.6 Å². The number of rotatable bonds is 2. The van der Waals surface area contributed by atoms with Gasteiger partial charge in [0.25, 0.3) is 0 Å². The highest BCUT2D eigenvalue weighted by Crippen LogP contribution is 2.31. The second kappa shape index (κ2) is 3.95. The molecule has 0 amide bonds. The molecule has 1 saturated carbocycles. The molecule has 0 saturated heterocycles. The second-order valence-electron chi connectivity index (χ2n) is 4.30. The molecule has 14 heavy (non-hydrogen) atoms. The molecule has 0 N–H and O–H groups in total. The maximum atomic E-state index is 10.5. The first-order valence-electron chi connectivity index (χ1n) is 5.29. The van der Waals surface area contributed by atoms with E-state index < -0.39 is 0 Å². The van der Waals surface area contributed by atoms with Gasteiger partial charge in [-0.1, -0.05) is 19.8 Å². The Hall–Kier alpha value is -1.12. The summed E-state index contributed by atoms with van der Waals surface area (Å²) < 4.78 is 1.96. The molecule has 76 valence electrons. The van der Waals surface area contributed by atoms with Crippen molar-refractivity contribution in [3.63, 3.8) is 0 Å². The molecule has 3 heteroatoms. The lowest BCUT2D eigenvalue weighted by Crippen LogP contribution is -2.17. The third-order valence-electron chi connectivity index (χ3n) is 3.04. The molecule has 3 nitrogen and oxygen atoms in total. The van der Waals surface area contributed by atoms with Crippen LogP contribution in [0.15, 0.2) is 12.4 Å². The van der Waals surface area contributed by atoms with Gasteiger partial charge in [0.1, 0.15) is 0 Å². The summed E-state index contributed by atoms with van der Waals surface area (Å²) in [4.78, 5) is 10.5. The van der Waals surface area contributed by atoms with E-state index in [0.29, 0.717) is 11.6 Å². The van der Waals surface area contributed by atoms with Crippen LogP contribution in [0.5, 0.6) is 0 Å². The van der Waals surface area contributed by atoms with Crippen molar-refractivity contribution in [2.75, 3.05) is 0 Å². The van der Waals surface area contributed by atoms with Gasteiger partial charge in [-0.25, -0.2) is 0 Å². The van der Waals surface area contributed by atoms with Gasteiger partial charge in [-0.2, -0.15) is 5.10 Å². The largest absolute Gasteiger partial charge is 0.298 e. The van der Waals surface area contributed by atoms with E-state index in [-0.39, 0.29) is 0 Å². The molecule has 1 aromatic heterocycles. The number of carbonyl (C=O) groups excluding carboxylic acids is 1. The van der Waals surface area contributed by atoms with Crippen LogP contribution >= 0.6 is 0 Å². The highest BCUT2D eigenvalue weighted by Gasteiger charge is 2.20. The van der Waals surface area contributed by atoms with Crippen LogP contribution in [-0.2, 0) is 0 Å². The summed E-state index contributed by atoms with van der Waals surface area (Å²) in [6.07, 6.45) is 9.36. The number of aromatic nitrogens is 2. The number of hydrogen-bond acceptors (Lipinski definition) is 2. The molecule has 0 aliphatic heterocycles. The summed E-state index contributed by atoms with van der Waals surface area (Å²) in [6, 6.07) is 0.507. The molecule has 2 rings (SSSR count). The van der Waals surface area contributed by atoms with Crippen LogP contribution in [0.3, 0.4) is 0 Å². The van der Waals surface area contributed by atoms with E-state index in [1.54, 1.807) is 6.20 Å². The number of aldehydes is 1. The molecule has 0 spiro atoms. The summed E-state index contributed by atoms with van der Waals surface area (Å²) in [7, 11) is 0. The lowest BCUT2D eigenvalue weighted by atomic mass is 9.87. The van der Waals surface area contributed by atoms with Gasteiger partial charge in [-0.05, 0) is 18.8 Å². The normalized spacial score (nSPS) is 27.5. The highest BCUT2D eigenvalue weighted by molar-refractivity contribution is 5.73. The highest BCUT2D eigenvalue weighted by atomic mass is 16.1. The maximum Gasteiger partial charge on any atom is 0.153 e. The third-order valence-corrected chi connectivity index (χ3v) is 3.04. The van der Waals surface area contributed by atoms with E-state index in [0.717, 1.165) is 12.2 Å². The van der Waals surface area contributed by atoms with Gasteiger partial charge in [0.2, 0.25) is 0 Å². The van der Waals surface area contributed by atoms with Gasteiger partial charge in [-0.15, -0.1) is 0 Å². The Labute approximate surface area is 84.1 Å². The molecule has 1 fully saturated rings. The maximum absolute atomic E-state index is 10.5. The van der Waals surface area contributed by atoms with E-state index in [1.807, 2.05) is 10.9 Å². The third kappa shape index (κ3) is 1.86. The summed E-state index contributed by atoms with van der Waals surface area (Å²) in [6.45, 7) is 2.29. The van der Waals surface area contributed by atoms with Gasteiger partial charge in [0.05, 0.1) is 17.8 Å². The molecule has 1 heterocycles. The molecule has 1 aliphatic carbocycles. The van der Waals surface area contributed by atoms with Crippen molar-refractivity contribution in [3.8, 4) is 0 Å². The molecular formula is C11H16N2O. The minimum absolute atomic E-state index is 0.507. The van der Waals surface area contributed by atoms with Crippen molar-refractivity contribution < 1.29 is 4.79 Å². The fourth-order valence-corrected chi connectivity index (χ4v) is 2.26. The first kappa shape index (κ1) is 9.44. The predicted octanol–water partition coefficient (Wildman–Crippen LogP) is 2.45. The predicted molar refractivity (Wildman–Crippen MR) is 54.3 cm³/mol. The van der Waals surface area contributed by atoms with Gasteiger partial charge >= 0.3 is 0 Å². The Bertz CT molecular complexity index is 319. The van der Waals surface area contributed by atoms with Crippen LogP contribution in [0.2, 0.25) is 0 Å². The molecule has 2 atom stereocenters. The standard InChI is InChI=1S/C11H16N2O/c1-9-3-2-4-11(5-9)13-7-10(8-14)6-12-13/h6-9,11H,2-5H2,1H3. The molecule has 1 aromatic rings. The average molecular weight is 192 g/mol.